The third-order valence-corrected chi connectivity index (χ3v) is 6.13. The van der Waals surface area contributed by atoms with Crippen LogP contribution in [0.2, 0.25) is 0 Å². The minimum absolute atomic E-state index is 0.168. The average Bonchev–Trinajstić information content (AvgIpc) is 3.28. The standard InChI is InChI=1S/C30H33N3O6/c1-21(2)33(16-10-11-17-36-20-27(34)37-19-25-22(3)38-30(35)39-25)26-18-31-28(23-12-6-4-7-13-23)29(32-26)24-14-8-5-9-15-24/h4-9,12-15,18,21H,10-11,16-17,19-20H2,1-3H3. The van der Waals surface area contributed by atoms with Gasteiger partial charge < -0.3 is 23.2 Å². The van der Waals surface area contributed by atoms with Crippen LogP contribution in [0.1, 0.15) is 38.2 Å². The van der Waals surface area contributed by atoms with Gasteiger partial charge in [-0.25, -0.2) is 14.6 Å². The molecule has 39 heavy (non-hydrogen) atoms. The number of hydrogen-bond acceptors (Lipinski definition) is 9. The van der Waals surface area contributed by atoms with E-state index in [0.717, 1.165) is 47.7 Å². The smallest absolute Gasteiger partial charge is 0.456 e. The summed E-state index contributed by atoms with van der Waals surface area (Å²) in [6.45, 7) is 6.65. The number of aryl methyl sites for hydroxylation is 1. The first-order chi connectivity index (χ1) is 18.9. The highest BCUT2D eigenvalue weighted by Gasteiger charge is 2.17. The number of carbonyl (C=O) groups is 1. The van der Waals surface area contributed by atoms with Crippen LogP contribution in [-0.4, -0.2) is 41.7 Å². The van der Waals surface area contributed by atoms with Crippen molar-refractivity contribution in [3.05, 3.63) is 89.0 Å². The Kier molecular flexibility index (Phi) is 9.64. The number of nitrogens with zero attached hydrogens (tertiary/aromatic N) is 3. The molecular formula is C30H33N3O6. The molecule has 0 unspecified atom stereocenters. The molecule has 2 aromatic carbocycles. The third kappa shape index (κ3) is 7.64. The molecule has 0 aliphatic rings. The van der Waals surface area contributed by atoms with Gasteiger partial charge in [-0.3, -0.25) is 4.98 Å². The predicted molar refractivity (Wildman–Crippen MR) is 147 cm³/mol. The Labute approximate surface area is 227 Å². The van der Waals surface area contributed by atoms with Crippen molar-refractivity contribution in [3.63, 3.8) is 0 Å². The highest BCUT2D eigenvalue weighted by Crippen LogP contribution is 2.31. The molecule has 4 rings (SSSR count). The van der Waals surface area contributed by atoms with Gasteiger partial charge in [-0.05, 0) is 33.6 Å². The number of carbonyl (C=O) groups excluding carboxylic acids is 1. The first-order valence-corrected chi connectivity index (χ1v) is 13.0. The Morgan fingerprint density at radius 3 is 2.23 bits per heavy atom. The van der Waals surface area contributed by atoms with Crippen molar-refractivity contribution in [1.29, 1.82) is 0 Å². The summed E-state index contributed by atoms with van der Waals surface area (Å²) in [5, 5.41) is 0. The summed E-state index contributed by atoms with van der Waals surface area (Å²) in [5.74, 6) is -0.0608. The maximum absolute atomic E-state index is 11.9. The number of unbranched alkanes of at least 4 members (excludes halogenated alkanes) is 1. The van der Waals surface area contributed by atoms with E-state index in [1.165, 1.54) is 0 Å². The molecular weight excluding hydrogens is 498 g/mol. The van der Waals surface area contributed by atoms with Crippen LogP contribution in [0.3, 0.4) is 0 Å². The lowest BCUT2D eigenvalue weighted by atomic mass is 10.0. The van der Waals surface area contributed by atoms with Crippen molar-refractivity contribution in [1.82, 2.24) is 9.97 Å². The second-order valence-corrected chi connectivity index (χ2v) is 9.30. The van der Waals surface area contributed by atoms with Gasteiger partial charge in [0, 0.05) is 30.3 Å². The van der Waals surface area contributed by atoms with Gasteiger partial charge in [0.1, 0.15) is 12.4 Å². The maximum atomic E-state index is 11.9. The van der Waals surface area contributed by atoms with Crippen LogP contribution in [0.5, 0.6) is 0 Å². The molecule has 0 saturated carbocycles. The Bertz CT molecular complexity index is 1400. The van der Waals surface area contributed by atoms with Crippen LogP contribution in [0.4, 0.5) is 5.82 Å². The van der Waals surface area contributed by atoms with E-state index in [4.69, 9.17) is 28.3 Å². The fraction of sp³-hybridized carbons (Fsp3) is 0.333. The molecule has 2 aromatic heterocycles. The topological polar surface area (TPSA) is 108 Å². The number of esters is 1. The van der Waals surface area contributed by atoms with Gasteiger partial charge in [0.25, 0.3) is 0 Å². The number of anilines is 1. The molecule has 0 aliphatic heterocycles. The zero-order valence-electron chi connectivity index (χ0n) is 22.5. The second kappa shape index (κ2) is 13.5. The fourth-order valence-corrected chi connectivity index (χ4v) is 4.10. The molecule has 0 N–H and O–H groups in total. The van der Waals surface area contributed by atoms with E-state index in [9.17, 15) is 9.59 Å². The molecule has 0 bridgehead atoms. The molecule has 204 valence electrons. The molecule has 0 atom stereocenters. The number of aromatic nitrogens is 2. The maximum Gasteiger partial charge on any atom is 0.519 e. The van der Waals surface area contributed by atoms with E-state index in [1.54, 1.807) is 6.92 Å². The van der Waals surface area contributed by atoms with Crippen molar-refractivity contribution in [3.8, 4) is 22.5 Å². The zero-order valence-corrected chi connectivity index (χ0v) is 22.5. The molecule has 0 amide bonds. The summed E-state index contributed by atoms with van der Waals surface area (Å²) in [6, 6.07) is 20.4. The Morgan fingerprint density at radius 1 is 0.949 bits per heavy atom. The summed E-state index contributed by atoms with van der Waals surface area (Å²) < 4.78 is 20.1. The minimum Gasteiger partial charge on any atom is -0.456 e. The predicted octanol–water partition coefficient (Wildman–Crippen LogP) is 5.42. The Morgan fingerprint density at radius 2 is 1.62 bits per heavy atom. The van der Waals surface area contributed by atoms with Gasteiger partial charge >= 0.3 is 11.8 Å². The largest absolute Gasteiger partial charge is 0.519 e. The minimum atomic E-state index is -0.820. The van der Waals surface area contributed by atoms with E-state index in [-0.39, 0.29) is 25.0 Å². The molecule has 2 heterocycles. The van der Waals surface area contributed by atoms with E-state index >= 15 is 0 Å². The van der Waals surface area contributed by atoms with Crippen molar-refractivity contribution in [2.45, 2.75) is 46.3 Å². The van der Waals surface area contributed by atoms with Crippen LogP contribution in [0.25, 0.3) is 22.5 Å². The molecule has 9 heteroatoms. The highest BCUT2D eigenvalue weighted by molar-refractivity contribution is 5.78. The van der Waals surface area contributed by atoms with Crippen molar-refractivity contribution in [2.75, 3.05) is 24.7 Å². The van der Waals surface area contributed by atoms with Crippen molar-refractivity contribution in [2.24, 2.45) is 0 Å². The van der Waals surface area contributed by atoms with Crippen LogP contribution in [-0.2, 0) is 20.9 Å². The molecule has 9 nitrogen and oxygen atoms in total. The number of benzene rings is 2. The van der Waals surface area contributed by atoms with Gasteiger partial charge in [0.2, 0.25) is 0 Å². The summed E-state index contributed by atoms with van der Waals surface area (Å²) in [5.41, 5.74) is 3.72. The lowest BCUT2D eigenvalue weighted by Gasteiger charge is -2.28. The average molecular weight is 532 g/mol. The summed E-state index contributed by atoms with van der Waals surface area (Å²) in [7, 11) is 0. The highest BCUT2D eigenvalue weighted by atomic mass is 16.6. The molecule has 4 aromatic rings. The van der Waals surface area contributed by atoms with Gasteiger partial charge in [0.05, 0.1) is 17.6 Å². The summed E-state index contributed by atoms with van der Waals surface area (Å²) in [4.78, 5) is 35.1. The fourth-order valence-electron chi connectivity index (χ4n) is 4.10. The van der Waals surface area contributed by atoms with Crippen LogP contribution in [0.15, 0.2) is 80.5 Å². The van der Waals surface area contributed by atoms with Crippen LogP contribution >= 0.6 is 0 Å². The number of hydrogen-bond donors (Lipinski definition) is 0. The number of ether oxygens (including phenoxy) is 2. The first-order valence-electron chi connectivity index (χ1n) is 13.0. The molecule has 0 aliphatic carbocycles. The molecule has 0 spiro atoms. The normalized spacial score (nSPS) is 11.1. The quantitative estimate of drug-likeness (QED) is 0.165. The van der Waals surface area contributed by atoms with Gasteiger partial charge in [-0.15, -0.1) is 0 Å². The lowest BCUT2D eigenvalue weighted by Crippen LogP contribution is -2.33. The van der Waals surface area contributed by atoms with E-state index in [0.29, 0.717) is 12.4 Å². The summed E-state index contributed by atoms with van der Waals surface area (Å²) in [6.07, 6.45) is 3.44. The van der Waals surface area contributed by atoms with Gasteiger partial charge in [-0.1, -0.05) is 60.7 Å². The molecule has 0 saturated heterocycles. The SMILES string of the molecule is Cc1oc(=O)oc1COC(=O)COCCCCN(c1cnc(-c2ccccc2)c(-c2ccccc2)n1)C(C)C. The van der Waals surface area contributed by atoms with E-state index in [2.05, 4.69) is 30.9 Å². The van der Waals surface area contributed by atoms with E-state index in [1.807, 2.05) is 54.7 Å². The van der Waals surface area contributed by atoms with Crippen molar-refractivity contribution < 1.29 is 23.1 Å². The van der Waals surface area contributed by atoms with Crippen LogP contribution in [0, 0.1) is 6.92 Å². The number of rotatable bonds is 13. The monoisotopic (exact) mass is 531 g/mol. The Hall–Kier alpha value is -4.24. The lowest BCUT2D eigenvalue weighted by molar-refractivity contribution is -0.150. The van der Waals surface area contributed by atoms with Crippen molar-refractivity contribution >= 4 is 11.8 Å². The van der Waals surface area contributed by atoms with Gasteiger partial charge in [0.15, 0.2) is 18.1 Å². The third-order valence-electron chi connectivity index (χ3n) is 6.13. The Balaban J connectivity index is 1.32. The molecule has 0 fully saturated rings. The van der Waals surface area contributed by atoms with E-state index < -0.39 is 11.8 Å². The first kappa shape index (κ1) is 27.8. The van der Waals surface area contributed by atoms with Gasteiger partial charge in [-0.2, -0.15) is 0 Å². The summed E-state index contributed by atoms with van der Waals surface area (Å²) >= 11 is 0. The zero-order chi connectivity index (χ0) is 27.6. The van der Waals surface area contributed by atoms with Crippen LogP contribution < -0.4 is 10.7 Å². The molecule has 0 radical (unpaired) electrons. The second-order valence-electron chi connectivity index (χ2n) is 9.30.